The van der Waals surface area contributed by atoms with Crippen LogP contribution in [0.2, 0.25) is 0 Å². The SMILES string of the molecule is CCC(CN1C(=O)C2C3CCC(O3)C2C1=O)c1ccccc1. The van der Waals surface area contributed by atoms with E-state index in [0.717, 1.165) is 19.3 Å². The van der Waals surface area contributed by atoms with Gasteiger partial charge in [-0.25, -0.2) is 0 Å². The predicted octanol–water partition coefficient (Wildman–Crippen LogP) is 2.34. The molecular weight excluding hydrogens is 278 g/mol. The normalized spacial score (nSPS) is 34.3. The standard InChI is InChI=1S/C18H21NO3/c1-2-11(12-6-4-3-5-7-12)10-19-17(20)15-13-8-9-14(22-13)16(15)18(19)21/h3-7,11,13-16H,2,8-10H2,1H3. The van der Waals surface area contributed by atoms with E-state index in [4.69, 9.17) is 4.74 Å². The van der Waals surface area contributed by atoms with Gasteiger partial charge in [-0.1, -0.05) is 37.3 Å². The smallest absolute Gasteiger partial charge is 0.235 e. The van der Waals surface area contributed by atoms with Crippen molar-refractivity contribution in [3.05, 3.63) is 35.9 Å². The van der Waals surface area contributed by atoms with E-state index in [-0.39, 0.29) is 41.8 Å². The third kappa shape index (κ3) is 1.93. The van der Waals surface area contributed by atoms with Crippen molar-refractivity contribution in [2.45, 2.75) is 44.3 Å². The van der Waals surface area contributed by atoms with Gasteiger partial charge in [0.05, 0.1) is 24.0 Å². The first kappa shape index (κ1) is 13.9. The van der Waals surface area contributed by atoms with Crippen LogP contribution in [-0.4, -0.2) is 35.5 Å². The zero-order valence-electron chi connectivity index (χ0n) is 12.8. The van der Waals surface area contributed by atoms with Gasteiger partial charge < -0.3 is 4.74 Å². The van der Waals surface area contributed by atoms with Gasteiger partial charge in [0, 0.05) is 12.5 Å². The van der Waals surface area contributed by atoms with Gasteiger partial charge in [0.2, 0.25) is 11.8 Å². The monoisotopic (exact) mass is 299 g/mol. The molecule has 3 fully saturated rings. The van der Waals surface area contributed by atoms with Crippen molar-refractivity contribution in [2.24, 2.45) is 11.8 Å². The lowest BCUT2D eigenvalue weighted by molar-refractivity contribution is -0.142. The quantitative estimate of drug-likeness (QED) is 0.802. The van der Waals surface area contributed by atoms with Gasteiger partial charge in [0.25, 0.3) is 0 Å². The van der Waals surface area contributed by atoms with Gasteiger partial charge >= 0.3 is 0 Å². The maximum absolute atomic E-state index is 12.7. The second-order valence-electron chi connectivity index (χ2n) is 6.64. The zero-order valence-corrected chi connectivity index (χ0v) is 12.8. The molecule has 1 aromatic carbocycles. The fourth-order valence-corrected chi connectivity index (χ4v) is 4.37. The first-order valence-electron chi connectivity index (χ1n) is 8.26. The van der Waals surface area contributed by atoms with Crippen LogP contribution in [-0.2, 0) is 14.3 Å². The van der Waals surface area contributed by atoms with Gasteiger partial charge in [-0.05, 0) is 24.8 Å². The molecule has 22 heavy (non-hydrogen) atoms. The number of ether oxygens (including phenoxy) is 1. The lowest BCUT2D eigenvalue weighted by atomic mass is 9.81. The number of benzene rings is 1. The average Bonchev–Trinajstić information content (AvgIpc) is 3.22. The first-order chi connectivity index (χ1) is 10.7. The van der Waals surface area contributed by atoms with Crippen LogP contribution in [0.25, 0.3) is 0 Å². The maximum Gasteiger partial charge on any atom is 0.235 e. The minimum atomic E-state index is -0.209. The number of fused-ring (bicyclic) bond motifs is 5. The molecule has 4 rings (SSSR count). The predicted molar refractivity (Wildman–Crippen MR) is 81.1 cm³/mol. The molecule has 0 aliphatic carbocycles. The fourth-order valence-electron chi connectivity index (χ4n) is 4.37. The highest BCUT2D eigenvalue weighted by Crippen LogP contribution is 2.48. The fraction of sp³-hybridized carbons (Fsp3) is 0.556. The Kier molecular flexibility index (Phi) is 3.30. The molecule has 0 aromatic heterocycles. The Morgan fingerprint density at radius 1 is 1.09 bits per heavy atom. The summed E-state index contributed by atoms with van der Waals surface area (Å²) in [5.74, 6) is -0.210. The summed E-state index contributed by atoms with van der Waals surface area (Å²) >= 11 is 0. The summed E-state index contributed by atoms with van der Waals surface area (Å²) in [6.07, 6.45) is 2.73. The van der Waals surface area contributed by atoms with Crippen molar-refractivity contribution in [1.29, 1.82) is 0 Å². The summed E-state index contributed by atoms with van der Waals surface area (Å²) in [5, 5.41) is 0. The molecule has 0 radical (unpaired) electrons. The summed E-state index contributed by atoms with van der Waals surface area (Å²) in [4.78, 5) is 26.9. The summed E-state index contributed by atoms with van der Waals surface area (Å²) in [5.41, 5.74) is 1.20. The molecule has 0 N–H and O–H groups in total. The number of imide groups is 1. The second kappa shape index (κ2) is 5.20. The Morgan fingerprint density at radius 2 is 1.68 bits per heavy atom. The van der Waals surface area contributed by atoms with E-state index in [1.54, 1.807) is 0 Å². The van der Waals surface area contributed by atoms with E-state index in [0.29, 0.717) is 6.54 Å². The minimum Gasteiger partial charge on any atom is -0.373 e. The van der Waals surface area contributed by atoms with Gasteiger partial charge in [0.1, 0.15) is 0 Å². The molecule has 0 saturated carbocycles. The Labute approximate surface area is 130 Å². The van der Waals surface area contributed by atoms with Gasteiger partial charge in [-0.2, -0.15) is 0 Å². The molecule has 5 atom stereocenters. The molecule has 5 unspecified atom stereocenters. The van der Waals surface area contributed by atoms with Gasteiger partial charge in [0.15, 0.2) is 0 Å². The van der Waals surface area contributed by atoms with Crippen molar-refractivity contribution in [3.8, 4) is 0 Å². The van der Waals surface area contributed by atoms with E-state index in [1.807, 2.05) is 18.2 Å². The molecule has 3 saturated heterocycles. The Hall–Kier alpha value is -1.68. The molecule has 4 heteroatoms. The summed E-state index contributed by atoms with van der Waals surface area (Å²) in [7, 11) is 0. The molecule has 3 aliphatic heterocycles. The van der Waals surface area contributed by atoms with E-state index in [1.165, 1.54) is 10.5 Å². The van der Waals surface area contributed by atoms with Crippen molar-refractivity contribution in [2.75, 3.05) is 6.54 Å². The van der Waals surface area contributed by atoms with E-state index >= 15 is 0 Å². The number of rotatable bonds is 4. The summed E-state index contributed by atoms with van der Waals surface area (Å²) in [6.45, 7) is 2.61. The highest BCUT2D eigenvalue weighted by molar-refractivity contribution is 6.06. The van der Waals surface area contributed by atoms with Crippen molar-refractivity contribution < 1.29 is 14.3 Å². The van der Waals surface area contributed by atoms with Crippen molar-refractivity contribution in [3.63, 3.8) is 0 Å². The second-order valence-corrected chi connectivity index (χ2v) is 6.64. The number of carbonyl (C=O) groups excluding carboxylic acids is 2. The average molecular weight is 299 g/mol. The number of hydrogen-bond acceptors (Lipinski definition) is 3. The molecule has 3 aliphatic rings. The number of hydrogen-bond donors (Lipinski definition) is 0. The maximum atomic E-state index is 12.7. The van der Waals surface area contributed by atoms with Crippen LogP contribution in [0.4, 0.5) is 0 Å². The van der Waals surface area contributed by atoms with Crippen LogP contribution in [0.15, 0.2) is 30.3 Å². The van der Waals surface area contributed by atoms with Crippen LogP contribution >= 0.6 is 0 Å². The Bertz CT molecular complexity index is 572. The van der Waals surface area contributed by atoms with Gasteiger partial charge in [-0.15, -0.1) is 0 Å². The first-order valence-corrected chi connectivity index (χ1v) is 8.26. The van der Waals surface area contributed by atoms with Gasteiger partial charge in [-0.3, -0.25) is 14.5 Å². The molecule has 2 bridgehead atoms. The van der Waals surface area contributed by atoms with Crippen molar-refractivity contribution in [1.82, 2.24) is 4.90 Å². The highest BCUT2D eigenvalue weighted by Gasteiger charge is 2.62. The third-order valence-electron chi connectivity index (χ3n) is 5.54. The minimum absolute atomic E-state index is 0.00317. The molecule has 4 nitrogen and oxygen atoms in total. The summed E-state index contributed by atoms with van der Waals surface area (Å²) < 4.78 is 5.78. The largest absolute Gasteiger partial charge is 0.373 e. The lowest BCUT2D eigenvalue weighted by Crippen LogP contribution is -2.37. The van der Waals surface area contributed by atoms with E-state index in [2.05, 4.69) is 19.1 Å². The van der Waals surface area contributed by atoms with Crippen molar-refractivity contribution >= 4 is 11.8 Å². The molecule has 116 valence electrons. The van der Waals surface area contributed by atoms with E-state index < -0.39 is 0 Å². The van der Waals surface area contributed by atoms with Crippen LogP contribution in [0.1, 0.15) is 37.7 Å². The Morgan fingerprint density at radius 3 is 2.23 bits per heavy atom. The summed E-state index contributed by atoms with van der Waals surface area (Å²) in [6, 6.07) is 10.2. The van der Waals surface area contributed by atoms with Crippen LogP contribution in [0.3, 0.4) is 0 Å². The molecule has 2 amide bonds. The molecule has 3 heterocycles. The third-order valence-corrected chi connectivity index (χ3v) is 5.54. The highest BCUT2D eigenvalue weighted by atomic mass is 16.5. The number of carbonyl (C=O) groups is 2. The molecular formula is C18H21NO3. The van der Waals surface area contributed by atoms with Crippen LogP contribution < -0.4 is 0 Å². The Balaban J connectivity index is 1.56. The van der Waals surface area contributed by atoms with Crippen LogP contribution in [0.5, 0.6) is 0 Å². The molecule has 0 spiro atoms. The molecule has 1 aromatic rings. The number of nitrogens with zero attached hydrogens (tertiary/aromatic N) is 1. The topological polar surface area (TPSA) is 46.6 Å². The number of likely N-dealkylation sites (tertiary alicyclic amines) is 1. The zero-order chi connectivity index (χ0) is 15.3. The number of amides is 2. The lowest BCUT2D eigenvalue weighted by Gasteiger charge is -2.23. The van der Waals surface area contributed by atoms with Crippen LogP contribution in [0, 0.1) is 11.8 Å². The van der Waals surface area contributed by atoms with E-state index in [9.17, 15) is 9.59 Å².